The summed E-state index contributed by atoms with van der Waals surface area (Å²) in [5, 5.41) is 8.15. The van der Waals surface area contributed by atoms with Crippen LogP contribution in [0.4, 0.5) is 4.79 Å². The van der Waals surface area contributed by atoms with Gasteiger partial charge in [0.25, 0.3) is 0 Å². The minimum atomic E-state index is -1.25. The number of hydrogen-bond donors (Lipinski definition) is 3. The van der Waals surface area contributed by atoms with Crippen LogP contribution in [0.2, 0.25) is 0 Å². The molecule has 1 aliphatic rings. The molecule has 14 nitrogen and oxygen atoms in total. The van der Waals surface area contributed by atoms with Gasteiger partial charge in [-0.2, -0.15) is 0 Å². The van der Waals surface area contributed by atoms with Crippen molar-refractivity contribution in [1.29, 1.82) is 0 Å². The molecule has 3 atom stereocenters. The van der Waals surface area contributed by atoms with Crippen molar-refractivity contribution < 1.29 is 38.2 Å². The monoisotopic (exact) mass is 724 g/mol. The molecule has 2 aromatic rings. The van der Waals surface area contributed by atoms with Crippen molar-refractivity contribution in [1.82, 2.24) is 30.8 Å². The molecule has 1 aromatic heterocycles. The van der Waals surface area contributed by atoms with Crippen LogP contribution in [0, 0.1) is 12.8 Å². The standard InChI is InChI=1S/C38H56N6O8/c1-25-11-13-30(50-19-15-27-10-9-18-44(24-27)36(49)52-38(6,7)8)20-28(25)22-41-34(47)31(14-12-29-23-39-16-17-40-29)43-35(48)32(42-26(2)45)21-33(46)51-37(3,4)5/h11,13,16-17,20,23,27,31-32H,9-10,12,14-15,18-19,21-22,24H2,1-8H3,(H,41,47)(H,42,45)(H,43,48)/t27?,31?,32-/m0/s1. The van der Waals surface area contributed by atoms with E-state index in [9.17, 15) is 24.0 Å². The van der Waals surface area contributed by atoms with Crippen LogP contribution >= 0.6 is 0 Å². The maximum atomic E-state index is 13.6. The largest absolute Gasteiger partial charge is 0.494 e. The molecule has 0 radical (unpaired) electrons. The van der Waals surface area contributed by atoms with Crippen molar-refractivity contribution in [2.45, 2.75) is 124 Å². The van der Waals surface area contributed by atoms with E-state index < -0.39 is 53.4 Å². The normalized spacial score (nSPS) is 15.8. The second-order valence-electron chi connectivity index (χ2n) is 15.2. The Hall–Kier alpha value is -4.75. The van der Waals surface area contributed by atoms with Crippen LogP contribution in [0.3, 0.4) is 0 Å². The number of carbonyl (C=O) groups excluding carboxylic acids is 5. The summed E-state index contributed by atoms with van der Waals surface area (Å²) in [6.45, 7) is 15.8. The third-order valence-corrected chi connectivity index (χ3v) is 8.16. The number of rotatable bonds is 15. The molecule has 286 valence electrons. The molecule has 1 fully saturated rings. The van der Waals surface area contributed by atoms with E-state index in [1.165, 1.54) is 6.92 Å². The fraction of sp³-hybridized carbons (Fsp3) is 0.605. The second-order valence-corrected chi connectivity index (χ2v) is 15.2. The molecule has 0 saturated carbocycles. The lowest BCUT2D eigenvalue weighted by Gasteiger charge is -2.34. The summed E-state index contributed by atoms with van der Waals surface area (Å²) >= 11 is 0. The van der Waals surface area contributed by atoms with Gasteiger partial charge in [0, 0.05) is 45.1 Å². The zero-order valence-corrected chi connectivity index (χ0v) is 31.9. The van der Waals surface area contributed by atoms with Gasteiger partial charge in [-0.3, -0.25) is 29.1 Å². The number of amides is 4. The first-order valence-corrected chi connectivity index (χ1v) is 17.9. The minimum absolute atomic E-state index is 0.167. The van der Waals surface area contributed by atoms with Crippen LogP contribution in [-0.2, 0) is 41.6 Å². The first-order valence-electron chi connectivity index (χ1n) is 17.9. The van der Waals surface area contributed by atoms with E-state index in [1.807, 2.05) is 45.9 Å². The van der Waals surface area contributed by atoms with Gasteiger partial charge in [-0.25, -0.2) is 4.79 Å². The molecular formula is C38H56N6O8. The highest BCUT2D eigenvalue weighted by Gasteiger charge is 2.30. The molecule has 1 aliphatic heterocycles. The average Bonchev–Trinajstić information content (AvgIpc) is 3.05. The number of hydrogen-bond acceptors (Lipinski definition) is 10. The number of likely N-dealkylation sites (tertiary alicyclic amines) is 1. The molecule has 2 unspecified atom stereocenters. The molecule has 4 amide bonds. The number of piperidine rings is 1. The third-order valence-electron chi connectivity index (χ3n) is 8.16. The van der Waals surface area contributed by atoms with Crippen molar-refractivity contribution in [3.63, 3.8) is 0 Å². The maximum Gasteiger partial charge on any atom is 0.410 e. The van der Waals surface area contributed by atoms with Gasteiger partial charge in [0.05, 0.1) is 18.7 Å². The molecule has 3 rings (SSSR count). The molecule has 14 heteroatoms. The van der Waals surface area contributed by atoms with E-state index >= 15 is 0 Å². The Morgan fingerprint density at radius 3 is 2.35 bits per heavy atom. The Balaban J connectivity index is 1.63. The molecule has 3 N–H and O–H groups in total. The lowest BCUT2D eigenvalue weighted by atomic mass is 9.95. The summed E-state index contributed by atoms with van der Waals surface area (Å²) in [5.41, 5.74) is 1.08. The van der Waals surface area contributed by atoms with Gasteiger partial charge >= 0.3 is 12.1 Å². The van der Waals surface area contributed by atoms with Crippen LogP contribution in [-0.4, -0.2) is 87.6 Å². The number of esters is 1. The van der Waals surface area contributed by atoms with Crippen LogP contribution in [0.15, 0.2) is 36.8 Å². The number of nitrogens with zero attached hydrogens (tertiary/aromatic N) is 3. The smallest absolute Gasteiger partial charge is 0.410 e. The van der Waals surface area contributed by atoms with Gasteiger partial charge in [0.1, 0.15) is 29.0 Å². The Kier molecular flexibility index (Phi) is 15.4. The number of carbonyl (C=O) groups is 5. The molecule has 0 aliphatic carbocycles. The van der Waals surface area contributed by atoms with Gasteiger partial charge in [-0.1, -0.05) is 6.07 Å². The van der Waals surface area contributed by atoms with Crippen LogP contribution in [0.5, 0.6) is 5.75 Å². The number of nitrogens with one attached hydrogen (secondary N) is 3. The number of aromatic nitrogens is 2. The molecule has 0 spiro atoms. The summed E-state index contributed by atoms with van der Waals surface area (Å²) < 4.78 is 17.0. The van der Waals surface area contributed by atoms with E-state index in [1.54, 1.807) is 44.3 Å². The zero-order chi connectivity index (χ0) is 38.5. The molecule has 52 heavy (non-hydrogen) atoms. The quantitative estimate of drug-likeness (QED) is 0.226. The Morgan fingerprint density at radius 2 is 1.69 bits per heavy atom. The van der Waals surface area contributed by atoms with E-state index in [0.717, 1.165) is 30.4 Å². The first kappa shape index (κ1) is 41.7. The highest BCUT2D eigenvalue weighted by molar-refractivity contribution is 5.94. The van der Waals surface area contributed by atoms with E-state index in [0.29, 0.717) is 43.5 Å². The second kappa shape index (κ2) is 19.2. The van der Waals surface area contributed by atoms with Gasteiger partial charge in [-0.05, 0) is 110 Å². The van der Waals surface area contributed by atoms with Crippen molar-refractivity contribution in [3.05, 3.63) is 53.6 Å². The van der Waals surface area contributed by atoms with Crippen molar-refractivity contribution in [2.24, 2.45) is 5.92 Å². The van der Waals surface area contributed by atoms with Gasteiger partial charge < -0.3 is 35.1 Å². The highest BCUT2D eigenvalue weighted by atomic mass is 16.6. The number of ether oxygens (including phenoxy) is 3. The third kappa shape index (κ3) is 15.2. The van der Waals surface area contributed by atoms with E-state index in [4.69, 9.17) is 14.2 Å². The highest BCUT2D eigenvalue weighted by Crippen LogP contribution is 2.23. The fourth-order valence-electron chi connectivity index (χ4n) is 5.67. The summed E-state index contributed by atoms with van der Waals surface area (Å²) in [4.78, 5) is 74.2. The predicted octanol–water partition coefficient (Wildman–Crippen LogP) is 4.17. The summed E-state index contributed by atoms with van der Waals surface area (Å²) in [6, 6.07) is 3.42. The molecular weight excluding hydrogens is 668 g/mol. The summed E-state index contributed by atoms with van der Waals surface area (Å²) in [7, 11) is 0. The van der Waals surface area contributed by atoms with Gasteiger partial charge in [-0.15, -0.1) is 0 Å². The zero-order valence-electron chi connectivity index (χ0n) is 31.9. The lowest BCUT2D eigenvalue weighted by molar-refractivity contribution is -0.156. The van der Waals surface area contributed by atoms with Gasteiger partial charge in [0.2, 0.25) is 17.7 Å². The maximum absolute atomic E-state index is 13.6. The van der Waals surface area contributed by atoms with Gasteiger partial charge in [0.15, 0.2) is 0 Å². The fourth-order valence-corrected chi connectivity index (χ4v) is 5.67. The van der Waals surface area contributed by atoms with Crippen LogP contribution in [0.1, 0.15) is 97.4 Å². The van der Waals surface area contributed by atoms with Crippen molar-refractivity contribution in [2.75, 3.05) is 19.7 Å². The molecule has 1 saturated heterocycles. The van der Waals surface area contributed by atoms with E-state index in [-0.39, 0.29) is 19.1 Å². The molecule has 2 heterocycles. The summed E-state index contributed by atoms with van der Waals surface area (Å²) in [5.74, 6) is -1.37. The van der Waals surface area contributed by atoms with E-state index in [2.05, 4.69) is 25.9 Å². The molecule has 1 aromatic carbocycles. The van der Waals surface area contributed by atoms with Crippen molar-refractivity contribution in [3.8, 4) is 5.75 Å². The lowest BCUT2D eigenvalue weighted by Crippen LogP contribution is -2.54. The first-order chi connectivity index (χ1) is 24.4. The minimum Gasteiger partial charge on any atom is -0.494 e. The Labute approximate surface area is 307 Å². The average molecular weight is 725 g/mol. The van der Waals surface area contributed by atoms with Crippen molar-refractivity contribution >= 4 is 29.8 Å². The topological polar surface area (TPSA) is 178 Å². The number of benzene rings is 1. The SMILES string of the molecule is CC(=O)N[C@@H](CC(=O)OC(C)(C)C)C(=O)NC(CCc1cnccn1)C(=O)NCc1cc(OCCC2CCCN(C(=O)OC(C)(C)C)C2)ccc1C. The van der Waals surface area contributed by atoms with Crippen LogP contribution < -0.4 is 20.7 Å². The predicted molar refractivity (Wildman–Crippen MR) is 194 cm³/mol. The number of aryl methyl sites for hydroxylation is 2. The van der Waals surface area contributed by atoms with Crippen LogP contribution in [0.25, 0.3) is 0 Å². The Morgan fingerprint density at radius 1 is 0.962 bits per heavy atom. The Bertz CT molecular complexity index is 1520. The summed E-state index contributed by atoms with van der Waals surface area (Å²) in [6.07, 6.45) is 7.20. The molecule has 0 bridgehead atoms.